The number of hydrogen-bond donors (Lipinski definition) is 1. The Hall–Kier alpha value is -4.33. The van der Waals surface area contributed by atoms with Gasteiger partial charge in [0.15, 0.2) is 0 Å². The number of fused-ring (bicyclic) bond motifs is 1. The number of anilines is 1. The molecule has 38 heavy (non-hydrogen) atoms. The highest BCUT2D eigenvalue weighted by atomic mass is 19.1. The van der Waals surface area contributed by atoms with Gasteiger partial charge in [0.2, 0.25) is 5.91 Å². The normalized spacial score (nSPS) is 17.4. The predicted molar refractivity (Wildman–Crippen MR) is 144 cm³/mol. The molecular formula is C30H28FN5O2. The monoisotopic (exact) mass is 509 g/mol. The van der Waals surface area contributed by atoms with Gasteiger partial charge in [-0.25, -0.2) is 14.4 Å². The van der Waals surface area contributed by atoms with Gasteiger partial charge in [0.05, 0.1) is 23.1 Å². The van der Waals surface area contributed by atoms with Crippen LogP contribution >= 0.6 is 0 Å². The molecule has 4 heterocycles. The number of nitrogens with one attached hydrogen (secondary N) is 1. The zero-order valence-corrected chi connectivity index (χ0v) is 21.1. The van der Waals surface area contributed by atoms with Crippen molar-refractivity contribution >= 4 is 23.1 Å². The van der Waals surface area contributed by atoms with E-state index in [0.29, 0.717) is 30.4 Å². The van der Waals surface area contributed by atoms with Gasteiger partial charge in [-0.15, -0.1) is 0 Å². The van der Waals surface area contributed by atoms with E-state index in [9.17, 15) is 9.59 Å². The average Bonchev–Trinajstić information content (AvgIpc) is 3.53. The van der Waals surface area contributed by atoms with Gasteiger partial charge in [-0.05, 0) is 85.7 Å². The molecule has 6 rings (SSSR count). The number of amides is 2. The Kier molecular flexibility index (Phi) is 6.23. The van der Waals surface area contributed by atoms with Crippen molar-refractivity contribution in [2.45, 2.75) is 38.0 Å². The number of aromatic nitrogens is 3. The summed E-state index contributed by atoms with van der Waals surface area (Å²) >= 11 is 0. The van der Waals surface area contributed by atoms with Crippen LogP contribution < -0.4 is 5.32 Å². The molecule has 2 aliphatic rings. The van der Waals surface area contributed by atoms with Crippen molar-refractivity contribution in [3.05, 3.63) is 95.8 Å². The van der Waals surface area contributed by atoms with Gasteiger partial charge in [0, 0.05) is 37.0 Å². The molecule has 1 aromatic carbocycles. The van der Waals surface area contributed by atoms with Crippen LogP contribution in [0.15, 0.2) is 73.3 Å². The number of allylic oxidation sites excluding steroid dienone is 1. The van der Waals surface area contributed by atoms with Crippen molar-refractivity contribution in [1.82, 2.24) is 19.3 Å². The molecule has 7 nitrogen and oxygen atoms in total. The molecule has 2 amide bonds. The van der Waals surface area contributed by atoms with Crippen LogP contribution in [0.25, 0.3) is 16.8 Å². The molecule has 4 aromatic rings. The summed E-state index contributed by atoms with van der Waals surface area (Å²) in [5, 5.41) is 2.73. The number of carbonyl (C=O) groups is 2. The Morgan fingerprint density at radius 1 is 1.05 bits per heavy atom. The molecule has 1 aliphatic carbocycles. The van der Waals surface area contributed by atoms with Crippen molar-refractivity contribution in [3.8, 4) is 11.3 Å². The van der Waals surface area contributed by atoms with E-state index in [2.05, 4.69) is 15.3 Å². The third-order valence-electron chi connectivity index (χ3n) is 7.44. The minimum atomic E-state index is -0.609. The number of benzene rings is 1. The number of hydrogen-bond acceptors (Lipinski definition) is 4. The van der Waals surface area contributed by atoms with Gasteiger partial charge in [-0.2, -0.15) is 0 Å². The second-order valence-corrected chi connectivity index (χ2v) is 9.99. The molecule has 8 heteroatoms. The van der Waals surface area contributed by atoms with E-state index in [1.54, 1.807) is 36.9 Å². The minimum Gasteiger partial charge on any atom is -0.339 e. The maximum Gasteiger partial charge on any atom is 0.259 e. The topological polar surface area (TPSA) is 79.6 Å². The molecule has 1 saturated carbocycles. The number of likely N-dealkylation sites (tertiary alicyclic amines) is 1. The summed E-state index contributed by atoms with van der Waals surface area (Å²) in [4.78, 5) is 35.6. The van der Waals surface area contributed by atoms with E-state index in [4.69, 9.17) is 0 Å². The Balaban J connectivity index is 1.27. The lowest BCUT2D eigenvalue weighted by atomic mass is 9.98. The third kappa shape index (κ3) is 4.58. The van der Waals surface area contributed by atoms with Gasteiger partial charge in [0.1, 0.15) is 11.6 Å². The molecule has 1 aliphatic heterocycles. The summed E-state index contributed by atoms with van der Waals surface area (Å²) in [5.41, 5.74) is 4.60. The highest BCUT2D eigenvalue weighted by Crippen LogP contribution is 2.40. The summed E-state index contributed by atoms with van der Waals surface area (Å²) in [7, 11) is 0. The summed E-state index contributed by atoms with van der Waals surface area (Å²) < 4.78 is 17.2. The van der Waals surface area contributed by atoms with Crippen molar-refractivity contribution in [3.63, 3.8) is 0 Å². The van der Waals surface area contributed by atoms with Gasteiger partial charge in [-0.3, -0.25) is 9.59 Å². The van der Waals surface area contributed by atoms with Crippen molar-refractivity contribution in [2.75, 3.05) is 18.4 Å². The molecule has 3 aromatic heterocycles. The quantitative estimate of drug-likeness (QED) is 0.345. The van der Waals surface area contributed by atoms with Crippen LogP contribution in [0.3, 0.4) is 0 Å². The number of carbonyl (C=O) groups excluding carboxylic acids is 2. The van der Waals surface area contributed by atoms with Crippen LogP contribution in [-0.2, 0) is 4.79 Å². The van der Waals surface area contributed by atoms with Crippen molar-refractivity contribution in [1.29, 1.82) is 0 Å². The van der Waals surface area contributed by atoms with E-state index >= 15 is 4.39 Å². The fraction of sp³-hybridized carbons (Fsp3) is 0.267. The summed E-state index contributed by atoms with van der Waals surface area (Å²) in [5.74, 6) is 0.00277. The van der Waals surface area contributed by atoms with Crippen molar-refractivity contribution in [2.24, 2.45) is 0 Å². The largest absolute Gasteiger partial charge is 0.339 e. The Morgan fingerprint density at radius 2 is 1.92 bits per heavy atom. The maximum absolute atomic E-state index is 15.3. The Morgan fingerprint density at radius 3 is 2.71 bits per heavy atom. The minimum absolute atomic E-state index is 0.0193. The summed E-state index contributed by atoms with van der Waals surface area (Å²) in [6.07, 6.45) is 11.6. The fourth-order valence-corrected chi connectivity index (χ4v) is 5.32. The molecule has 0 bridgehead atoms. The molecule has 1 saturated heterocycles. The van der Waals surface area contributed by atoms with E-state index in [1.165, 1.54) is 12.1 Å². The molecule has 1 unspecified atom stereocenters. The Bertz CT molecular complexity index is 1570. The highest BCUT2D eigenvalue weighted by Gasteiger charge is 2.29. The van der Waals surface area contributed by atoms with Gasteiger partial charge >= 0.3 is 0 Å². The second kappa shape index (κ2) is 9.85. The van der Waals surface area contributed by atoms with Crippen LogP contribution in [0.5, 0.6) is 0 Å². The first kappa shape index (κ1) is 24.0. The van der Waals surface area contributed by atoms with Gasteiger partial charge < -0.3 is 14.6 Å². The van der Waals surface area contributed by atoms with Crippen LogP contribution in [0, 0.1) is 5.82 Å². The SMILES string of the molecule is C/C=C/C(=O)N1CCC(c2cc(-c3ccc(C(=O)Nc4cc(C5CC5)ccn4)c(F)c3)n3cnccc23)C1. The lowest BCUT2D eigenvalue weighted by Gasteiger charge is -2.14. The number of nitrogens with zero attached hydrogens (tertiary/aromatic N) is 4. The average molecular weight is 510 g/mol. The molecule has 1 atom stereocenters. The number of halogens is 1. The Labute approximate surface area is 220 Å². The van der Waals surface area contributed by atoms with E-state index < -0.39 is 11.7 Å². The molecule has 0 radical (unpaired) electrons. The lowest BCUT2D eigenvalue weighted by molar-refractivity contribution is -0.125. The predicted octanol–water partition coefficient (Wildman–Crippen LogP) is 5.56. The van der Waals surface area contributed by atoms with Crippen LogP contribution in [0.2, 0.25) is 0 Å². The number of rotatable bonds is 6. The van der Waals surface area contributed by atoms with Crippen LogP contribution in [0.1, 0.15) is 59.5 Å². The maximum atomic E-state index is 15.3. The third-order valence-corrected chi connectivity index (χ3v) is 7.44. The molecule has 2 fully saturated rings. The molecular weight excluding hydrogens is 481 g/mol. The lowest BCUT2D eigenvalue weighted by Crippen LogP contribution is -2.26. The highest BCUT2D eigenvalue weighted by molar-refractivity contribution is 6.04. The molecule has 0 spiro atoms. The summed E-state index contributed by atoms with van der Waals surface area (Å²) in [6.45, 7) is 3.17. The van der Waals surface area contributed by atoms with Crippen LogP contribution in [-0.4, -0.2) is 44.2 Å². The fourth-order valence-electron chi connectivity index (χ4n) is 5.32. The smallest absolute Gasteiger partial charge is 0.259 e. The van der Waals surface area contributed by atoms with Gasteiger partial charge in [0.25, 0.3) is 5.91 Å². The summed E-state index contributed by atoms with van der Waals surface area (Å²) in [6, 6.07) is 12.5. The van der Waals surface area contributed by atoms with Crippen molar-refractivity contribution < 1.29 is 14.0 Å². The van der Waals surface area contributed by atoms with E-state index in [-0.39, 0.29) is 17.4 Å². The van der Waals surface area contributed by atoms with Gasteiger partial charge in [-0.1, -0.05) is 12.1 Å². The first-order valence-corrected chi connectivity index (χ1v) is 13.0. The molecule has 1 N–H and O–H groups in total. The van der Waals surface area contributed by atoms with Crippen LogP contribution in [0.4, 0.5) is 10.2 Å². The van der Waals surface area contributed by atoms with E-state index in [1.807, 2.05) is 40.5 Å². The first-order chi connectivity index (χ1) is 18.5. The molecule has 192 valence electrons. The zero-order valence-electron chi connectivity index (χ0n) is 21.1. The standard InChI is InChI=1S/C30H28FN5O2/c1-2-3-29(37)35-13-10-22(17-35)24-16-27(36-18-32-11-9-26(24)36)21-6-7-23(25(31)14-21)30(38)34-28-15-20(8-12-33-28)19-4-5-19/h2-3,6-9,11-12,14-16,18-19,22H,4-5,10,13,17H2,1H3,(H,33,34,38)/b3-2+. The zero-order chi connectivity index (χ0) is 26.2. The van der Waals surface area contributed by atoms with E-state index in [0.717, 1.165) is 41.6 Å². The second-order valence-electron chi connectivity index (χ2n) is 9.99. The first-order valence-electron chi connectivity index (χ1n) is 13.0. The number of pyridine rings is 1.